The number of aryl methyl sites for hydroxylation is 1. The number of methoxy groups -OCH3 is 1. The van der Waals surface area contributed by atoms with E-state index in [0.29, 0.717) is 31.0 Å². The topological polar surface area (TPSA) is 55.8 Å². The first kappa shape index (κ1) is 20.4. The van der Waals surface area contributed by atoms with Crippen molar-refractivity contribution in [3.8, 4) is 5.75 Å². The molecule has 6 heteroatoms. The van der Waals surface area contributed by atoms with Crippen molar-refractivity contribution in [3.63, 3.8) is 0 Å². The van der Waals surface area contributed by atoms with E-state index in [1.807, 2.05) is 23.1 Å². The average Bonchev–Trinajstić information content (AvgIpc) is 3.00. The Kier molecular flexibility index (Phi) is 6.04. The van der Waals surface area contributed by atoms with Gasteiger partial charge in [-0.25, -0.2) is 4.79 Å². The largest absolute Gasteiger partial charge is 0.491 e. The van der Waals surface area contributed by atoms with Crippen molar-refractivity contribution in [1.82, 2.24) is 4.90 Å². The summed E-state index contributed by atoms with van der Waals surface area (Å²) in [6.07, 6.45) is 3.06. The second-order valence-corrected chi connectivity index (χ2v) is 8.45. The molecule has 156 valence electrons. The van der Waals surface area contributed by atoms with Crippen LogP contribution in [0, 0.1) is 0 Å². The number of carbonyl (C=O) groups excluding carboxylic acids is 2. The van der Waals surface area contributed by atoms with Crippen LogP contribution in [0.2, 0.25) is 0 Å². The van der Waals surface area contributed by atoms with Crippen molar-refractivity contribution >= 4 is 33.3 Å². The Balaban J connectivity index is 1.65. The number of carbonyl (C=O) groups is 2. The Morgan fingerprint density at radius 2 is 2.03 bits per heavy atom. The number of hydrogen-bond donors (Lipinski definition) is 0. The molecule has 5 nitrogen and oxygen atoms in total. The van der Waals surface area contributed by atoms with Crippen LogP contribution in [0.25, 0.3) is 10.1 Å². The standard InChI is InChI=1S/C24H25NO4S/c1-3-4-7-19-18-8-5-6-9-21(18)30-22(19)23(26)25-12-13-29-20-14-16(24(27)28-2)10-11-17(20)15-25/h5-6,8-11,14H,3-4,7,12-13,15H2,1-2H3. The number of nitrogens with zero attached hydrogens (tertiary/aromatic N) is 1. The molecule has 0 aliphatic carbocycles. The first-order valence-corrected chi connectivity index (χ1v) is 11.1. The third kappa shape index (κ3) is 3.92. The van der Waals surface area contributed by atoms with Gasteiger partial charge in [-0.3, -0.25) is 4.79 Å². The molecule has 0 spiro atoms. The fourth-order valence-corrected chi connectivity index (χ4v) is 5.02. The maximum absolute atomic E-state index is 13.5. The third-order valence-electron chi connectivity index (χ3n) is 5.43. The lowest BCUT2D eigenvalue weighted by Gasteiger charge is -2.20. The second kappa shape index (κ2) is 8.88. The van der Waals surface area contributed by atoms with Gasteiger partial charge < -0.3 is 14.4 Å². The fraction of sp³-hybridized carbons (Fsp3) is 0.333. The van der Waals surface area contributed by atoms with Gasteiger partial charge >= 0.3 is 5.97 Å². The second-order valence-electron chi connectivity index (χ2n) is 7.40. The number of amides is 1. The molecule has 0 radical (unpaired) electrons. The van der Waals surface area contributed by atoms with Crippen LogP contribution in [0.15, 0.2) is 42.5 Å². The smallest absolute Gasteiger partial charge is 0.337 e. The number of unbranched alkanes of at least 4 members (excludes halogenated alkanes) is 1. The first-order valence-electron chi connectivity index (χ1n) is 10.3. The Labute approximate surface area is 180 Å². The summed E-state index contributed by atoms with van der Waals surface area (Å²) in [5, 5.41) is 1.19. The van der Waals surface area contributed by atoms with Crippen LogP contribution >= 0.6 is 11.3 Å². The molecule has 3 aromatic rings. The minimum Gasteiger partial charge on any atom is -0.491 e. The molecule has 1 aromatic heterocycles. The van der Waals surface area contributed by atoms with Crippen LogP contribution in [-0.2, 0) is 17.7 Å². The van der Waals surface area contributed by atoms with Crippen molar-refractivity contribution in [2.45, 2.75) is 32.7 Å². The maximum atomic E-state index is 13.5. The molecule has 1 aliphatic heterocycles. The molecule has 2 heterocycles. The summed E-state index contributed by atoms with van der Waals surface area (Å²) in [7, 11) is 1.36. The highest BCUT2D eigenvalue weighted by atomic mass is 32.1. The summed E-state index contributed by atoms with van der Waals surface area (Å²) in [6.45, 7) is 3.51. The van der Waals surface area contributed by atoms with E-state index in [1.54, 1.807) is 23.5 Å². The molecule has 0 unspecified atom stereocenters. The predicted molar refractivity (Wildman–Crippen MR) is 118 cm³/mol. The van der Waals surface area contributed by atoms with E-state index in [2.05, 4.69) is 19.1 Å². The Hall–Kier alpha value is -2.86. The lowest BCUT2D eigenvalue weighted by molar-refractivity contribution is 0.0600. The molecule has 0 saturated heterocycles. The molecule has 0 bridgehead atoms. The van der Waals surface area contributed by atoms with Gasteiger partial charge in [-0.1, -0.05) is 37.6 Å². The van der Waals surface area contributed by atoms with Gasteiger partial charge in [-0.15, -0.1) is 11.3 Å². The van der Waals surface area contributed by atoms with Crippen molar-refractivity contribution in [2.75, 3.05) is 20.3 Å². The van der Waals surface area contributed by atoms with Crippen molar-refractivity contribution in [2.24, 2.45) is 0 Å². The fourth-order valence-electron chi connectivity index (χ4n) is 3.81. The molecular formula is C24H25NO4S. The zero-order valence-electron chi connectivity index (χ0n) is 17.3. The summed E-state index contributed by atoms with van der Waals surface area (Å²) in [4.78, 5) is 28.0. The summed E-state index contributed by atoms with van der Waals surface area (Å²) in [5.74, 6) is 0.288. The highest BCUT2D eigenvalue weighted by Crippen LogP contribution is 2.34. The van der Waals surface area contributed by atoms with Gasteiger partial charge in [0.15, 0.2) is 0 Å². The molecule has 1 aliphatic rings. The van der Waals surface area contributed by atoms with E-state index in [1.165, 1.54) is 12.5 Å². The number of benzene rings is 2. The molecule has 2 aromatic carbocycles. The number of hydrogen-bond acceptors (Lipinski definition) is 5. The van der Waals surface area contributed by atoms with E-state index >= 15 is 0 Å². The van der Waals surface area contributed by atoms with Gasteiger partial charge in [0.25, 0.3) is 5.91 Å². The van der Waals surface area contributed by atoms with E-state index < -0.39 is 5.97 Å². The molecule has 0 N–H and O–H groups in total. The zero-order chi connectivity index (χ0) is 21.1. The van der Waals surface area contributed by atoms with Gasteiger partial charge in [0, 0.05) is 16.8 Å². The van der Waals surface area contributed by atoms with E-state index in [9.17, 15) is 9.59 Å². The van der Waals surface area contributed by atoms with Crippen LogP contribution in [0.5, 0.6) is 5.75 Å². The van der Waals surface area contributed by atoms with Crippen molar-refractivity contribution in [1.29, 1.82) is 0 Å². The zero-order valence-corrected chi connectivity index (χ0v) is 18.1. The molecule has 0 saturated carbocycles. The Morgan fingerprint density at radius 3 is 2.83 bits per heavy atom. The van der Waals surface area contributed by atoms with Gasteiger partial charge in [0.2, 0.25) is 0 Å². The van der Waals surface area contributed by atoms with E-state index in [-0.39, 0.29) is 5.91 Å². The highest BCUT2D eigenvalue weighted by Gasteiger charge is 2.26. The average molecular weight is 424 g/mol. The number of esters is 1. The van der Waals surface area contributed by atoms with Crippen molar-refractivity contribution < 1.29 is 19.1 Å². The first-order chi connectivity index (χ1) is 14.6. The molecule has 30 heavy (non-hydrogen) atoms. The molecular weight excluding hydrogens is 398 g/mol. The number of fused-ring (bicyclic) bond motifs is 2. The van der Waals surface area contributed by atoms with Crippen LogP contribution in [0.4, 0.5) is 0 Å². The van der Waals surface area contributed by atoms with Gasteiger partial charge in [-0.05, 0) is 42.0 Å². The SMILES string of the molecule is CCCCc1c(C(=O)N2CCOc3cc(C(=O)OC)ccc3C2)sc2ccccc12. The number of ether oxygens (including phenoxy) is 2. The molecule has 0 atom stereocenters. The predicted octanol–water partition coefficient (Wildman–Crippen LogP) is 5.07. The van der Waals surface area contributed by atoms with Crippen LogP contribution in [0.3, 0.4) is 0 Å². The van der Waals surface area contributed by atoms with Crippen LogP contribution in [-0.4, -0.2) is 37.0 Å². The quantitative estimate of drug-likeness (QED) is 0.538. The van der Waals surface area contributed by atoms with Gasteiger partial charge in [-0.2, -0.15) is 0 Å². The third-order valence-corrected chi connectivity index (χ3v) is 6.63. The lowest BCUT2D eigenvalue weighted by Crippen LogP contribution is -2.32. The van der Waals surface area contributed by atoms with E-state index in [0.717, 1.165) is 40.0 Å². The minimum atomic E-state index is -0.399. The van der Waals surface area contributed by atoms with Gasteiger partial charge in [0.05, 0.1) is 24.1 Å². The lowest BCUT2D eigenvalue weighted by atomic mass is 10.0. The van der Waals surface area contributed by atoms with Gasteiger partial charge in [0.1, 0.15) is 12.4 Å². The van der Waals surface area contributed by atoms with Crippen LogP contribution < -0.4 is 4.74 Å². The maximum Gasteiger partial charge on any atom is 0.337 e. The minimum absolute atomic E-state index is 0.0517. The van der Waals surface area contributed by atoms with Crippen LogP contribution in [0.1, 0.15) is 50.9 Å². The molecule has 4 rings (SSSR count). The summed E-state index contributed by atoms with van der Waals surface area (Å²) >= 11 is 1.58. The Bertz CT molecular complexity index is 1090. The summed E-state index contributed by atoms with van der Waals surface area (Å²) in [5.41, 5.74) is 2.50. The highest BCUT2D eigenvalue weighted by molar-refractivity contribution is 7.21. The molecule has 0 fully saturated rings. The normalized spacial score (nSPS) is 13.5. The molecule has 1 amide bonds. The van der Waals surface area contributed by atoms with E-state index in [4.69, 9.17) is 9.47 Å². The Morgan fingerprint density at radius 1 is 1.20 bits per heavy atom. The monoisotopic (exact) mass is 423 g/mol. The van der Waals surface area contributed by atoms with Crippen molar-refractivity contribution in [3.05, 3.63) is 64.0 Å². The summed E-state index contributed by atoms with van der Waals surface area (Å²) in [6, 6.07) is 13.5. The number of thiophene rings is 1. The number of rotatable bonds is 5. The summed E-state index contributed by atoms with van der Waals surface area (Å²) < 4.78 is 11.8.